The Morgan fingerprint density at radius 1 is 1.33 bits per heavy atom. The number of thiophene rings is 1. The van der Waals surface area contributed by atoms with Gasteiger partial charge in [-0.1, -0.05) is 12.1 Å². The molecule has 0 fully saturated rings. The molecule has 1 heterocycles. The van der Waals surface area contributed by atoms with Crippen molar-refractivity contribution in [1.82, 2.24) is 4.31 Å². The van der Waals surface area contributed by atoms with E-state index in [2.05, 4.69) is 15.9 Å². The highest BCUT2D eigenvalue weighted by molar-refractivity contribution is 9.11. The van der Waals surface area contributed by atoms with E-state index in [-0.39, 0.29) is 17.3 Å². The Morgan fingerprint density at radius 2 is 1.95 bits per heavy atom. The molecular formula is C13H14BrFN2O2S2. The van der Waals surface area contributed by atoms with E-state index >= 15 is 0 Å². The molecule has 114 valence electrons. The van der Waals surface area contributed by atoms with E-state index in [9.17, 15) is 12.8 Å². The summed E-state index contributed by atoms with van der Waals surface area (Å²) < 4.78 is 39.7. The van der Waals surface area contributed by atoms with Crippen LogP contribution in [0, 0.1) is 5.82 Å². The first-order chi connectivity index (χ1) is 9.84. The molecule has 1 aromatic carbocycles. The van der Waals surface area contributed by atoms with Gasteiger partial charge in [0.2, 0.25) is 10.0 Å². The van der Waals surface area contributed by atoms with Crippen molar-refractivity contribution in [2.75, 3.05) is 7.05 Å². The highest BCUT2D eigenvalue weighted by Gasteiger charge is 2.25. The minimum atomic E-state index is -3.62. The van der Waals surface area contributed by atoms with E-state index in [4.69, 9.17) is 5.73 Å². The summed E-state index contributed by atoms with van der Waals surface area (Å²) in [5.41, 5.74) is 6.25. The molecular weight excluding hydrogens is 379 g/mol. The fourth-order valence-corrected chi connectivity index (χ4v) is 5.44. The number of halogens is 2. The van der Waals surface area contributed by atoms with Crippen molar-refractivity contribution >= 4 is 37.3 Å². The Morgan fingerprint density at radius 3 is 2.48 bits per heavy atom. The molecule has 0 aliphatic carbocycles. The Hall–Kier alpha value is -0.800. The fraction of sp³-hybridized carbons (Fsp3) is 0.231. The average Bonchev–Trinajstić information content (AvgIpc) is 2.83. The lowest BCUT2D eigenvalue weighted by molar-refractivity contribution is 0.466. The highest BCUT2D eigenvalue weighted by Crippen LogP contribution is 2.33. The lowest BCUT2D eigenvalue weighted by Gasteiger charge is -2.16. The predicted octanol–water partition coefficient (Wildman–Crippen LogP) is 2.93. The third-order valence-electron chi connectivity index (χ3n) is 2.91. The van der Waals surface area contributed by atoms with Gasteiger partial charge >= 0.3 is 0 Å². The SMILES string of the molecule is CN(Cc1ccc(F)cc1)S(=O)(=O)c1cc(CN)sc1Br. The van der Waals surface area contributed by atoms with Crippen molar-refractivity contribution < 1.29 is 12.8 Å². The Bertz CT molecular complexity index is 729. The largest absolute Gasteiger partial charge is 0.326 e. The van der Waals surface area contributed by atoms with Crippen LogP contribution in [-0.2, 0) is 23.1 Å². The van der Waals surface area contributed by atoms with E-state index in [1.165, 1.54) is 34.8 Å². The van der Waals surface area contributed by atoms with Crippen LogP contribution in [-0.4, -0.2) is 19.8 Å². The molecule has 1 aromatic heterocycles. The van der Waals surface area contributed by atoms with Gasteiger partial charge in [0.05, 0.1) is 3.79 Å². The van der Waals surface area contributed by atoms with Crippen LogP contribution in [0.4, 0.5) is 4.39 Å². The van der Waals surface area contributed by atoms with Crippen molar-refractivity contribution in [3.63, 3.8) is 0 Å². The summed E-state index contributed by atoms with van der Waals surface area (Å²) in [5.74, 6) is -0.350. The molecule has 0 bridgehead atoms. The smallest absolute Gasteiger partial charge is 0.245 e. The van der Waals surface area contributed by atoms with Gasteiger partial charge in [-0.2, -0.15) is 4.31 Å². The summed E-state index contributed by atoms with van der Waals surface area (Å²) in [4.78, 5) is 0.994. The second-order valence-electron chi connectivity index (χ2n) is 4.44. The maximum absolute atomic E-state index is 12.9. The van der Waals surface area contributed by atoms with Crippen LogP contribution in [0.1, 0.15) is 10.4 Å². The first-order valence-corrected chi connectivity index (χ1v) is 9.08. The monoisotopic (exact) mass is 392 g/mol. The van der Waals surface area contributed by atoms with Crippen LogP contribution < -0.4 is 5.73 Å². The van der Waals surface area contributed by atoms with E-state index < -0.39 is 10.0 Å². The topological polar surface area (TPSA) is 63.4 Å². The molecule has 0 aliphatic heterocycles. The van der Waals surface area contributed by atoms with Crippen molar-refractivity contribution in [2.45, 2.75) is 18.0 Å². The molecule has 0 unspecified atom stereocenters. The van der Waals surface area contributed by atoms with Crippen molar-refractivity contribution in [3.8, 4) is 0 Å². The van der Waals surface area contributed by atoms with E-state index in [0.717, 1.165) is 4.88 Å². The molecule has 4 nitrogen and oxygen atoms in total. The maximum Gasteiger partial charge on any atom is 0.245 e. The van der Waals surface area contributed by atoms with Gasteiger partial charge in [0.1, 0.15) is 10.7 Å². The van der Waals surface area contributed by atoms with Crippen LogP contribution in [0.25, 0.3) is 0 Å². The molecule has 0 amide bonds. The number of rotatable bonds is 5. The molecule has 0 saturated carbocycles. The zero-order valence-corrected chi connectivity index (χ0v) is 14.4. The average molecular weight is 393 g/mol. The van der Waals surface area contributed by atoms with Crippen molar-refractivity contribution in [1.29, 1.82) is 0 Å². The molecule has 8 heteroatoms. The molecule has 21 heavy (non-hydrogen) atoms. The van der Waals surface area contributed by atoms with E-state index in [1.807, 2.05) is 0 Å². The number of hydrogen-bond donors (Lipinski definition) is 1. The summed E-state index contributed by atoms with van der Waals surface area (Å²) in [6.07, 6.45) is 0. The maximum atomic E-state index is 12.9. The standard InChI is InChI=1S/C13H14BrFN2O2S2/c1-17(8-9-2-4-10(15)5-3-9)21(18,19)12-6-11(7-16)20-13(12)14/h2-6H,7-8,16H2,1H3. The summed E-state index contributed by atoms with van der Waals surface area (Å²) in [7, 11) is -2.13. The third kappa shape index (κ3) is 3.70. The minimum Gasteiger partial charge on any atom is -0.326 e. The minimum absolute atomic E-state index is 0.170. The molecule has 2 rings (SSSR count). The van der Waals surface area contributed by atoms with Crippen LogP contribution in [0.2, 0.25) is 0 Å². The first kappa shape index (κ1) is 16.6. The summed E-state index contributed by atoms with van der Waals surface area (Å²) in [6, 6.07) is 7.32. The van der Waals surface area contributed by atoms with Gasteiger partial charge in [0, 0.05) is 25.0 Å². The third-order valence-corrected chi connectivity index (χ3v) is 6.99. The normalized spacial score (nSPS) is 12.0. The molecule has 0 radical (unpaired) electrons. The van der Waals surface area contributed by atoms with Crippen molar-refractivity contribution in [3.05, 3.63) is 50.4 Å². The van der Waals surface area contributed by atoms with Crippen LogP contribution in [0.15, 0.2) is 39.0 Å². The Labute approximate surface area is 135 Å². The van der Waals surface area contributed by atoms with Gasteiger partial charge in [-0.3, -0.25) is 0 Å². The van der Waals surface area contributed by atoms with Gasteiger partial charge in [0.25, 0.3) is 0 Å². The molecule has 2 N–H and O–H groups in total. The fourth-order valence-electron chi connectivity index (χ4n) is 1.77. The number of benzene rings is 1. The number of nitrogens with two attached hydrogens (primary N) is 1. The van der Waals surface area contributed by atoms with Crippen LogP contribution in [0.5, 0.6) is 0 Å². The number of nitrogens with zero attached hydrogens (tertiary/aromatic N) is 1. The summed E-state index contributed by atoms with van der Waals surface area (Å²) in [6.45, 7) is 0.462. The summed E-state index contributed by atoms with van der Waals surface area (Å²) >= 11 is 4.57. The van der Waals surface area contributed by atoms with Gasteiger partial charge in [0.15, 0.2) is 0 Å². The second kappa shape index (κ2) is 6.53. The first-order valence-electron chi connectivity index (χ1n) is 6.03. The molecule has 0 saturated heterocycles. The lowest BCUT2D eigenvalue weighted by atomic mass is 10.2. The molecule has 2 aromatic rings. The number of sulfonamides is 1. The van der Waals surface area contributed by atoms with Gasteiger partial charge in [-0.25, -0.2) is 12.8 Å². The quantitative estimate of drug-likeness (QED) is 0.850. The zero-order chi connectivity index (χ0) is 15.6. The van der Waals surface area contributed by atoms with Gasteiger partial charge in [-0.05, 0) is 39.7 Å². The Kier molecular flexibility index (Phi) is 5.15. The van der Waals surface area contributed by atoms with Crippen molar-refractivity contribution in [2.24, 2.45) is 5.73 Å². The molecule has 0 aliphatic rings. The summed E-state index contributed by atoms with van der Waals surface area (Å²) in [5, 5.41) is 0. The Balaban J connectivity index is 2.25. The highest BCUT2D eigenvalue weighted by atomic mass is 79.9. The second-order valence-corrected chi connectivity index (χ2v) is 8.91. The van der Waals surface area contributed by atoms with Gasteiger partial charge < -0.3 is 5.73 Å². The van der Waals surface area contributed by atoms with E-state index in [1.54, 1.807) is 18.2 Å². The predicted molar refractivity (Wildman–Crippen MR) is 85.0 cm³/mol. The van der Waals surface area contributed by atoms with E-state index in [0.29, 0.717) is 15.9 Å². The lowest BCUT2D eigenvalue weighted by Crippen LogP contribution is -2.26. The van der Waals surface area contributed by atoms with Gasteiger partial charge in [-0.15, -0.1) is 11.3 Å². The van der Waals surface area contributed by atoms with Crippen LogP contribution in [0.3, 0.4) is 0 Å². The number of hydrogen-bond acceptors (Lipinski definition) is 4. The molecule has 0 spiro atoms. The zero-order valence-electron chi connectivity index (χ0n) is 11.2. The van der Waals surface area contributed by atoms with Crippen LogP contribution >= 0.6 is 27.3 Å². The molecule has 0 atom stereocenters.